The Kier molecular flexibility index (Phi) is 6.52. The van der Waals surface area contributed by atoms with Gasteiger partial charge in [0, 0.05) is 23.9 Å². The number of aliphatic carboxylic acids is 1. The molecule has 0 bridgehead atoms. The number of rotatable bonds is 8. The molecular formula is C16H17N9O5S3. The Hall–Kier alpha value is -3.18. The van der Waals surface area contributed by atoms with Crippen molar-refractivity contribution in [2.24, 2.45) is 12.2 Å². The molecule has 0 radical (unpaired) electrons. The quantitative estimate of drug-likeness (QED) is 0.172. The summed E-state index contributed by atoms with van der Waals surface area (Å²) in [6, 6.07) is -0.924. The fraction of sp³-hybridized carbons (Fsp3) is 0.375. The standard InChI is InChI=1S/C16H17N9O5S3/c1-24-16(20-22-23-24)33-4-6-3-31-13-9(12(27)25(13)10(6)14(28)29)19-11(26)8(21-30-2)7-5-32-15(17)18-7/h5,9,13H,3-4H2,1-2H3,(H2,17,18)(H,19,26)(H,28,29)/b21-8+/t9-,13?/m1/s1. The second-order valence-corrected chi connectivity index (χ2v) is 9.62. The highest BCUT2D eigenvalue weighted by Gasteiger charge is 2.54. The van der Waals surface area contributed by atoms with Gasteiger partial charge in [0.05, 0.1) is 0 Å². The van der Waals surface area contributed by atoms with Crippen molar-refractivity contribution in [3.63, 3.8) is 0 Å². The number of nitrogens with one attached hydrogen (secondary N) is 1. The summed E-state index contributed by atoms with van der Waals surface area (Å²) in [7, 11) is 2.95. The second-order valence-electron chi connectivity index (χ2n) is 6.69. The Morgan fingerprint density at radius 2 is 2.27 bits per heavy atom. The molecule has 33 heavy (non-hydrogen) atoms. The molecule has 4 N–H and O–H groups in total. The van der Waals surface area contributed by atoms with Gasteiger partial charge in [-0.05, 0) is 16.0 Å². The number of nitrogens with zero attached hydrogens (tertiary/aromatic N) is 7. The van der Waals surface area contributed by atoms with E-state index in [-0.39, 0.29) is 22.2 Å². The lowest BCUT2D eigenvalue weighted by molar-refractivity contribution is -0.150. The van der Waals surface area contributed by atoms with Crippen LogP contribution in [0.2, 0.25) is 0 Å². The van der Waals surface area contributed by atoms with Crippen LogP contribution in [0.25, 0.3) is 0 Å². The summed E-state index contributed by atoms with van der Waals surface area (Å²) in [5.74, 6) is -1.77. The lowest BCUT2D eigenvalue weighted by Crippen LogP contribution is -2.71. The summed E-state index contributed by atoms with van der Waals surface area (Å²) in [6.45, 7) is 0. The fourth-order valence-electron chi connectivity index (χ4n) is 3.19. The molecule has 0 saturated carbocycles. The van der Waals surface area contributed by atoms with E-state index >= 15 is 0 Å². The molecule has 14 nitrogen and oxygen atoms in total. The number of nitrogen functional groups attached to an aromatic ring is 1. The van der Waals surface area contributed by atoms with Gasteiger partial charge in [-0.1, -0.05) is 16.9 Å². The average Bonchev–Trinajstić information content (AvgIpc) is 3.40. The van der Waals surface area contributed by atoms with Crippen LogP contribution < -0.4 is 11.1 Å². The molecule has 17 heteroatoms. The third-order valence-electron chi connectivity index (χ3n) is 4.66. The number of nitrogens with two attached hydrogens (primary N) is 1. The van der Waals surface area contributed by atoms with Gasteiger partial charge >= 0.3 is 5.97 Å². The normalized spacial score (nSPS) is 20.4. The number of fused-ring (bicyclic) bond motifs is 1. The molecule has 4 rings (SSSR count). The topological polar surface area (TPSA) is 191 Å². The van der Waals surface area contributed by atoms with E-state index in [9.17, 15) is 19.5 Å². The number of aromatic nitrogens is 5. The predicted octanol–water partition coefficient (Wildman–Crippen LogP) is -0.870. The molecule has 2 aromatic rings. The maximum Gasteiger partial charge on any atom is 0.352 e. The zero-order chi connectivity index (χ0) is 23.7. The molecule has 2 amide bonds. The first-order valence-electron chi connectivity index (χ1n) is 9.20. The largest absolute Gasteiger partial charge is 0.477 e. The Balaban J connectivity index is 1.49. The number of anilines is 1. The molecule has 0 spiro atoms. The Morgan fingerprint density at radius 1 is 1.48 bits per heavy atom. The van der Waals surface area contributed by atoms with E-state index in [1.165, 1.54) is 40.2 Å². The number of carboxylic acids is 1. The summed E-state index contributed by atoms with van der Waals surface area (Å²) in [4.78, 5) is 47.6. The molecule has 2 aromatic heterocycles. The molecule has 2 atom stereocenters. The molecule has 0 aliphatic carbocycles. The van der Waals surface area contributed by atoms with Crippen LogP contribution in [-0.4, -0.2) is 88.7 Å². The van der Waals surface area contributed by atoms with Crippen molar-refractivity contribution in [3.8, 4) is 0 Å². The first-order valence-corrected chi connectivity index (χ1v) is 12.1. The van der Waals surface area contributed by atoms with E-state index in [2.05, 4.69) is 31.0 Å². The zero-order valence-electron chi connectivity index (χ0n) is 17.2. The van der Waals surface area contributed by atoms with Crippen molar-refractivity contribution >= 4 is 63.5 Å². The fourth-order valence-corrected chi connectivity index (χ4v) is 6.07. The monoisotopic (exact) mass is 511 g/mol. The second kappa shape index (κ2) is 9.36. The lowest BCUT2D eigenvalue weighted by atomic mass is 10.0. The number of thioether (sulfide) groups is 2. The summed E-state index contributed by atoms with van der Waals surface area (Å²) < 4.78 is 1.47. The van der Waals surface area contributed by atoms with Crippen LogP contribution in [0.3, 0.4) is 0 Å². The van der Waals surface area contributed by atoms with Crippen molar-refractivity contribution in [2.45, 2.75) is 16.6 Å². The van der Waals surface area contributed by atoms with E-state index in [4.69, 9.17) is 10.6 Å². The molecule has 1 unspecified atom stereocenters. The van der Waals surface area contributed by atoms with Crippen molar-refractivity contribution in [1.82, 2.24) is 35.4 Å². The van der Waals surface area contributed by atoms with E-state index in [0.717, 1.165) is 11.3 Å². The predicted molar refractivity (Wildman–Crippen MR) is 119 cm³/mol. The van der Waals surface area contributed by atoms with Crippen LogP contribution >= 0.6 is 34.9 Å². The Labute approximate surface area is 198 Å². The number of β-lactam (4-membered cyclic amide) rings is 1. The number of carbonyl (C=O) groups excluding carboxylic acids is 2. The number of tetrazole rings is 1. The van der Waals surface area contributed by atoms with Gasteiger partial charge in [0.1, 0.15) is 29.9 Å². The van der Waals surface area contributed by atoms with Gasteiger partial charge in [0.15, 0.2) is 10.8 Å². The smallest absolute Gasteiger partial charge is 0.352 e. The van der Waals surface area contributed by atoms with Gasteiger partial charge in [-0.2, -0.15) is 0 Å². The zero-order valence-corrected chi connectivity index (χ0v) is 19.6. The number of hydrogen-bond donors (Lipinski definition) is 3. The minimum absolute atomic E-state index is 0.0880. The third-order valence-corrected chi connectivity index (χ3v) is 7.77. The van der Waals surface area contributed by atoms with Gasteiger partial charge in [-0.3, -0.25) is 14.5 Å². The molecular weight excluding hydrogens is 494 g/mol. The third kappa shape index (κ3) is 4.38. The molecule has 2 aliphatic rings. The summed E-state index contributed by atoms with van der Waals surface area (Å²) in [6.07, 6.45) is 0. The first-order chi connectivity index (χ1) is 15.8. The van der Waals surface area contributed by atoms with Crippen molar-refractivity contribution in [1.29, 1.82) is 0 Å². The minimum atomic E-state index is -1.22. The summed E-state index contributed by atoms with van der Waals surface area (Å²) in [5, 5.41) is 29.0. The number of aryl methyl sites for hydroxylation is 1. The minimum Gasteiger partial charge on any atom is -0.477 e. The van der Waals surface area contributed by atoms with E-state index in [1.807, 2.05) is 0 Å². The van der Waals surface area contributed by atoms with Crippen molar-refractivity contribution in [3.05, 3.63) is 22.3 Å². The molecule has 1 fully saturated rings. The maximum absolute atomic E-state index is 12.9. The summed E-state index contributed by atoms with van der Waals surface area (Å²) >= 11 is 3.75. The molecule has 174 valence electrons. The SMILES string of the molecule is CO/N=C(/C(=O)N[C@@H]1C(=O)N2C(C(=O)O)=C(CSc3nnnn3C)CSC12)c1csc(N)n1. The number of thiazole rings is 1. The van der Waals surface area contributed by atoms with Gasteiger partial charge < -0.3 is 21.0 Å². The van der Waals surface area contributed by atoms with Gasteiger partial charge in [-0.25, -0.2) is 14.5 Å². The first kappa shape index (κ1) is 23.0. The molecule has 4 heterocycles. The maximum atomic E-state index is 12.9. The number of oxime groups is 1. The number of carboxylic acid groups (broad SMARTS) is 1. The number of hydrogen-bond acceptors (Lipinski definition) is 13. The highest BCUT2D eigenvalue weighted by atomic mass is 32.2. The highest BCUT2D eigenvalue weighted by Crippen LogP contribution is 2.41. The van der Waals surface area contributed by atoms with Crippen LogP contribution in [0.4, 0.5) is 5.13 Å². The van der Waals surface area contributed by atoms with Gasteiger partial charge in [-0.15, -0.1) is 28.2 Å². The average molecular weight is 512 g/mol. The Morgan fingerprint density at radius 3 is 2.88 bits per heavy atom. The highest BCUT2D eigenvalue weighted by molar-refractivity contribution is 8.01. The van der Waals surface area contributed by atoms with Crippen molar-refractivity contribution < 1.29 is 24.3 Å². The van der Waals surface area contributed by atoms with E-state index < -0.39 is 29.2 Å². The molecule has 2 aliphatic heterocycles. The number of amides is 2. The van der Waals surface area contributed by atoms with Crippen molar-refractivity contribution in [2.75, 3.05) is 24.3 Å². The lowest BCUT2D eigenvalue weighted by Gasteiger charge is -2.49. The van der Waals surface area contributed by atoms with Gasteiger partial charge in [0.25, 0.3) is 11.8 Å². The van der Waals surface area contributed by atoms with Gasteiger partial charge in [0.2, 0.25) is 5.16 Å². The van der Waals surface area contributed by atoms with Crippen LogP contribution in [-0.2, 0) is 26.3 Å². The number of carbonyl (C=O) groups is 3. The van der Waals surface area contributed by atoms with E-state index in [0.29, 0.717) is 22.2 Å². The van der Waals surface area contributed by atoms with Crippen LogP contribution in [0.15, 0.2) is 27.0 Å². The molecule has 1 saturated heterocycles. The van der Waals surface area contributed by atoms with Crippen LogP contribution in [0, 0.1) is 0 Å². The summed E-state index contributed by atoms with van der Waals surface area (Å²) in [5.41, 5.74) is 6.17. The Bertz CT molecular complexity index is 1180. The van der Waals surface area contributed by atoms with Crippen LogP contribution in [0.1, 0.15) is 5.69 Å². The molecule has 0 aromatic carbocycles. The van der Waals surface area contributed by atoms with Crippen LogP contribution in [0.5, 0.6) is 0 Å². The van der Waals surface area contributed by atoms with E-state index in [1.54, 1.807) is 12.4 Å².